The Bertz CT molecular complexity index is 1190. The average Bonchev–Trinajstić information content (AvgIpc) is 3.38. The van der Waals surface area contributed by atoms with Crippen molar-refractivity contribution in [3.63, 3.8) is 0 Å². The molecule has 9 nitrogen and oxygen atoms in total. The van der Waals surface area contributed by atoms with Crippen molar-refractivity contribution < 1.29 is 19.0 Å². The number of nitrogens with zero attached hydrogens (tertiary/aromatic N) is 2. The minimum atomic E-state index is -0.392. The fourth-order valence-corrected chi connectivity index (χ4v) is 3.24. The van der Waals surface area contributed by atoms with E-state index in [4.69, 9.17) is 25.8 Å². The Balaban J connectivity index is 1.68. The molecule has 0 fully saturated rings. The summed E-state index contributed by atoms with van der Waals surface area (Å²) < 4.78 is 15.9. The van der Waals surface area contributed by atoms with Gasteiger partial charge in [-0.2, -0.15) is 5.10 Å². The molecule has 4 rings (SSSR count). The first kappa shape index (κ1) is 19.6. The highest BCUT2D eigenvalue weighted by atomic mass is 35.5. The van der Waals surface area contributed by atoms with Crippen LogP contribution in [0.5, 0.6) is 17.2 Å². The van der Waals surface area contributed by atoms with Crippen LogP contribution in [-0.2, 0) is 0 Å². The normalized spacial score (nSPS) is 10.8. The minimum absolute atomic E-state index is 0.302. The lowest BCUT2D eigenvalue weighted by molar-refractivity contribution is 0.102. The van der Waals surface area contributed by atoms with Gasteiger partial charge in [0.25, 0.3) is 5.91 Å². The number of aromatic nitrogens is 4. The number of carbonyl (C=O) groups excluding carboxylic acids is 1. The van der Waals surface area contributed by atoms with E-state index in [-0.39, 0.29) is 0 Å². The molecule has 0 unspecified atom stereocenters. The van der Waals surface area contributed by atoms with Gasteiger partial charge >= 0.3 is 0 Å². The van der Waals surface area contributed by atoms with Crippen LogP contribution in [0.1, 0.15) is 10.4 Å². The van der Waals surface area contributed by atoms with E-state index < -0.39 is 5.91 Å². The van der Waals surface area contributed by atoms with Crippen LogP contribution < -0.4 is 19.5 Å². The molecule has 0 radical (unpaired) electrons. The lowest BCUT2D eigenvalue weighted by Crippen LogP contribution is -2.13. The van der Waals surface area contributed by atoms with E-state index in [1.54, 1.807) is 38.5 Å². The highest BCUT2D eigenvalue weighted by Crippen LogP contribution is 2.33. The van der Waals surface area contributed by atoms with Gasteiger partial charge in [0, 0.05) is 17.2 Å². The number of halogens is 1. The minimum Gasteiger partial charge on any atom is -0.496 e. The molecule has 0 aliphatic carbocycles. The van der Waals surface area contributed by atoms with Gasteiger partial charge in [-0.25, -0.2) is 4.98 Å². The fraction of sp³-hybridized carbons (Fsp3) is 0.150. The summed E-state index contributed by atoms with van der Waals surface area (Å²) in [6.07, 6.45) is 1.50. The number of imidazole rings is 1. The second-order valence-corrected chi connectivity index (χ2v) is 6.70. The third kappa shape index (κ3) is 3.50. The third-order valence-corrected chi connectivity index (χ3v) is 4.75. The van der Waals surface area contributed by atoms with Gasteiger partial charge in [-0.3, -0.25) is 9.89 Å². The molecule has 0 aliphatic heterocycles. The zero-order chi connectivity index (χ0) is 21.3. The van der Waals surface area contributed by atoms with E-state index in [1.165, 1.54) is 19.4 Å². The van der Waals surface area contributed by atoms with Crippen LogP contribution in [0.25, 0.3) is 22.6 Å². The first-order valence-electron chi connectivity index (χ1n) is 8.84. The van der Waals surface area contributed by atoms with E-state index in [1.807, 2.05) is 0 Å². The molecule has 0 bridgehead atoms. The van der Waals surface area contributed by atoms with Crippen LogP contribution in [0.4, 0.5) is 5.69 Å². The van der Waals surface area contributed by atoms with Gasteiger partial charge < -0.3 is 24.5 Å². The highest BCUT2D eigenvalue weighted by Gasteiger charge is 2.19. The van der Waals surface area contributed by atoms with Crippen molar-refractivity contribution in [2.75, 3.05) is 26.6 Å². The summed E-state index contributed by atoms with van der Waals surface area (Å²) in [6, 6.07) is 8.37. The summed E-state index contributed by atoms with van der Waals surface area (Å²) in [5.41, 5.74) is 2.67. The lowest BCUT2D eigenvalue weighted by atomic mass is 10.2. The predicted octanol–water partition coefficient (Wildman–Crippen LogP) is 3.88. The van der Waals surface area contributed by atoms with Crippen LogP contribution in [0.15, 0.2) is 36.5 Å². The maximum absolute atomic E-state index is 12.8. The summed E-state index contributed by atoms with van der Waals surface area (Å²) in [5, 5.41) is 10.1. The molecule has 2 aromatic heterocycles. The Kier molecular flexibility index (Phi) is 5.20. The zero-order valence-electron chi connectivity index (χ0n) is 16.4. The third-order valence-electron chi connectivity index (χ3n) is 4.52. The van der Waals surface area contributed by atoms with Gasteiger partial charge in [-0.1, -0.05) is 11.6 Å². The molecule has 0 saturated heterocycles. The smallest absolute Gasteiger partial charge is 0.259 e. The van der Waals surface area contributed by atoms with Crippen molar-refractivity contribution in [1.29, 1.82) is 0 Å². The van der Waals surface area contributed by atoms with Crippen LogP contribution in [0.2, 0.25) is 5.02 Å². The Hall–Kier alpha value is -3.72. The van der Waals surface area contributed by atoms with Crippen molar-refractivity contribution in [3.05, 3.63) is 47.1 Å². The van der Waals surface area contributed by atoms with Crippen LogP contribution in [0, 0.1) is 0 Å². The van der Waals surface area contributed by atoms with E-state index >= 15 is 0 Å². The number of rotatable bonds is 6. The molecular formula is C20H18ClN5O4. The molecule has 0 saturated carbocycles. The predicted molar refractivity (Wildman–Crippen MR) is 113 cm³/mol. The molecule has 2 heterocycles. The zero-order valence-corrected chi connectivity index (χ0v) is 17.1. The first-order chi connectivity index (χ1) is 14.5. The fourth-order valence-electron chi connectivity index (χ4n) is 3.06. The number of methoxy groups -OCH3 is 3. The number of anilines is 1. The van der Waals surface area contributed by atoms with E-state index in [9.17, 15) is 4.79 Å². The Morgan fingerprint density at radius 1 is 1.03 bits per heavy atom. The van der Waals surface area contributed by atoms with Crippen molar-refractivity contribution in [1.82, 2.24) is 20.2 Å². The number of amides is 1. The number of carbonyl (C=O) groups is 1. The van der Waals surface area contributed by atoms with Crippen LogP contribution >= 0.6 is 11.6 Å². The Morgan fingerprint density at radius 3 is 2.50 bits per heavy atom. The van der Waals surface area contributed by atoms with Gasteiger partial charge in [0.15, 0.2) is 17.3 Å². The van der Waals surface area contributed by atoms with Gasteiger partial charge in [-0.05, 0) is 18.2 Å². The molecule has 0 spiro atoms. The standard InChI is InChI=1S/C20H18ClN5O4/c1-28-15-5-4-10(21)6-11(15)20(27)25-14-9-22-26-18(14)19-23-12-7-16(29-2)17(30-3)8-13(12)24-19/h4-9H,1-3H3,(H,22,26)(H,23,24)(H,25,27). The van der Waals surface area contributed by atoms with Crippen molar-refractivity contribution in [2.45, 2.75) is 0 Å². The number of fused-ring (bicyclic) bond motifs is 1. The number of hydrogen-bond acceptors (Lipinski definition) is 6. The molecule has 2 aromatic carbocycles. The van der Waals surface area contributed by atoms with Gasteiger partial charge in [0.2, 0.25) is 0 Å². The van der Waals surface area contributed by atoms with Crippen LogP contribution in [-0.4, -0.2) is 47.4 Å². The largest absolute Gasteiger partial charge is 0.496 e. The number of benzene rings is 2. The summed E-state index contributed by atoms with van der Waals surface area (Å²) in [5.74, 6) is 1.65. The van der Waals surface area contributed by atoms with E-state index in [0.717, 1.165) is 5.52 Å². The molecule has 1 amide bonds. The number of nitrogens with one attached hydrogen (secondary N) is 3. The summed E-state index contributed by atoms with van der Waals surface area (Å²) >= 11 is 6.03. The Morgan fingerprint density at radius 2 is 1.77 bits per heavy atom. The van der Waals surface area contributed by atoms with Gasteiger partial charge in [0.1, 0.15) is 11.4 Å². The van der Waals surface area contributed by atoms with Gasteiger partial charge in [-0.15, -0.1) is 0 Å². The quantitative estimate of drug-likeness (QED) is 0.430. The maximum atomic E-state index is 12.8. The molecule has 154 valence electrons. The SMILES string of the molecule is COc1cc2nc(-c3[nH]ncc3NC(=O)c3cc(Cl)ccc3OC)[nH]c2cc1OC. The van der Waals surface area contributed by atoms with Crippen molar-refractivity contribution >= 4 is 34.2 Å². The summed E-state index contributed by atoms with van der Waals surface area (Å²) in [6.45, 7) is 0. The number of ether oxygens (including phenoxy) is 3. The number of H-pyrrole nitrogens is 2. The second kappa shape index (κ2) is 7.96. The van der Waals surface area contributed by atoms with Crippen molar-refractivity contribution in [3.8, 4) is 28.8 Å². The van der Waals surface area contributed by atoms with Crippen LogP contribution in [0.3, 0.4) is 0 Å². The topological polar surface area (TPSA) is 114 Å². The summed E-state index contributed by atoms with van der Waals surface area (Å²) in [4.78, 5) is 20.6. The molecule has 0 aliphatic rings. The molecule has 0 atom stereocenters. The molecular weight excluding hydrogens is 410 g/mol. The summed E-state index contributed by atoms with van der Waals surface area (Å²) in [7, 11) is 4.61. The second-order valence-electron chi connectivity index (χ2n) is 6.27. The number of hydrogen-bond donors (Lipinski definition) is 3. The Labute approximate surface area is 176 Å². The molecule has 30 heavy (non-hydrogen) atoms. The van der Waals surface area contributed by atoms with Gasteiger partial charge in [0.05, 0.1) is 49.8 Å². The van der Waals surface area contributed by atoms with E-state index in [0.29, 0.717) is 50.6 Å². The maximum Gasteiger partial charge on any atom is 0.259 e. The molecule has 3 N–H and O–H groups in total. The van der Waals surface area contributed by atoms with Crippen molar-refractivity contribution in [2.24, 2.45) is 0 Å². The first-order valence-corrected chi connectivity index (χ1v) is 9.22. The number of aromatic amines is 2. The molecule has 4 aromatic rings. The lowest BCUT2D eigenvalue weighted by Gasteiger charge is -2.09. The molecule has 10 heteroatoms. The monoisotopic (exact) mass is 427 g/mol. The van der Waals surface area contributed by atoms with E-state index in [2.05, 4.69) is 25.5 Å². The highest BCUT2D eigenvalue weighted by molar-refractivity contribution is 6.31. The average molecular weight is 428 g/mol.